The van der Waals surface area contributed by atoms with Gasteiger partial charge < -0.3 is 26.6 Å². The van der Waals surface area contributed by atoms with E-state index in [9.17, 15) is 24.0 Å². The molecule has 0 aromatic heterocycles. The number of hydrogen-bond donors (Lipinski definition) is 4. The minimum absolute atomic E-state index is 0.125. The van der Waals surface area contributed by atoms with E-state index in [1.165, 1.54) is 4.90 Å². The van der Waals surface area contributed by atoms with Gasteiger partial charge in [-0.05, 0) is 30.1 Å². The molecule has 1 heterocycles. The average Bonchev–Trinajstić information content (AvgIpc) is 3.10. The lowest BCUT2D eigenvalue weighted by Crippen LogP contribution is -2.62. The molecule has 3 rings (SSSR count). The Labute approximate surface area is 240 Å². The maximum Gasteiger partial charge on any atom is 0.315 e. The van der Waals surface area contributed by atoms with E-state index in [-0.39, 0.29) is 29.8 Å². The number of carbonyl (C=O) groups is 5. The third kappa shape index (κ3) is 6.81. The van der Waals surface area contributed by atoms with Crippen LogP contribution in [0.15, 0.2) is 0 Å². The first-order chi connectivity index (χ1) is 17.8. The highest BCUT2D eigenvalue weighted by atomic mass is 35.5. The van der Waals surface area contributed by atoms with E-state index >= 15 is 0 Å². The number of primary amides is 1. The maximum atomic E-state index is 13.9. The van der Waals surface area contributed by atoms with E-state index in [4.69, 9.17) is 28.9 Å². The van der Waals surface area contributed by atoms with Crippen LogP contribution in [0.3, 0.4) is 0 Å². The second kappa shape index (κ2) is 11.1. The number of ketones is 1. The van der Waals surface area contributed by atoms with Gasteiger partial charge in [0.1, 0.15) is 16.4 Å². The Morgan fingerprint density at radius 2 is 1.56 bits per heavy atom. The van der Waals surface area contributed by atoms with Gasteiger partial charge in [0.05, 0.1) is 6.04 Å². The van der Waals surface area contributed by atoms with Gasteiger partial charge in [0.15, 0.2) is 0 Å². The average molecular weight is 589 g/mol. The van der Waals surface area contributed by atoms with Crippen LogP contribution in [0.5, 0.6) is 0 Å². The number of nitrogens with one attached hydrogen (secondary N) is 3. The Hall–Kier alpha value is -2.07. The van der Waals surface area contributed by atoms with Crippen molar-refractivity contribution >= 4 is 52.7 Å². The normalized spacial score (nSPS) is 26.4. The Kier molecular flexibility index (Phi) is 8.93. The number of nitrogens with zero attached hydrogens (tertiary/aromatic N) is 1. The van der Waals surface area contributed by atoms with Gasteiger partial charge in [-0.1, -0.05) is 60.8 Å². The van der Waals surface area contributed by atoms with Crippen molar-refractivity contribution in [1.82, 2.24) is 20.9 Å². The molecule has 0 spiro atoms. The number of nitrogens with two attached hydrogens (primary N) is 1. The Morgan fingerprint density at radius 3 is 2.03 bits per heavy atom. The molecule has 1 saturated heterocycles. The number of amides is 5. The zero-order valence-corrected chi connectivity index (χ0v) is 25.4. The first-order valence-corrected chi connectivity index (χ1v) is 14.4. The monoisotopic (exact) mass is 587 g/mol. The van der Waals surface area contributed by atoms with Crippen LogP contribution in [0, 0.1) is 28.6 Å². The fourth-order valence-electron chi connectivity index (χ4n) is 5.26. The molecule has 6 atom stereocenters. The largest absolute Gasteiger partial charge is 0.363 e. The Morgan fingerprint density at radius 1 is 0.974 bits per heavy atom. The Balaban J connectivity index is 1.82. The topological polar surface area (TPSA) is 151 Å². The van der Waals surface area contributed by atoms with Gasteiger partial charge in [-0.25, -0.2) is 4.79 Å². The molecule has 0 bridgehead atoms. The molecule has 1 aliphatic heterocycles. The van der Waals surface area contributed by atoms with Gasteiger partial charge in [0.25, 0.3) is 5.91 Å². The van der Waals surface area contributed by atoms with Crippen molar-refractivity contribution < 1.29 is 24.0 Å². The number of Topliss-reactive ketones (excluding diaryl/α,β-unsaturated/α-hetero) is 1. The number of urea groups is 1. The van der Waals surface area contributed by atoms with Crippen molar-refractivity contribution in [3.05, 3.63) is 0 Å². The van der Waals surface area contributed by atoms with Crippen LogP contribution in [0.2, 0.25) is 0 Å². The fraction of sp³-hybridized carbons (Fsp3) is 0.815. The van der Waals surface area contributed by atoms with E-state index in [2.05, 4.69) is 16.0 Å². The summed E-state index contributed by atoms with van der Waals surface area (Å²) in [6, 6.07) is -3.78. The summed E-state index contributed by atoms with van der Waals surface area (Å²) in [5, 5.41) is 8.37. The van der Waals surface area contributed by atoms with Gasteiger partial charge in [-0.3, -0.25) is 19.2 Å². The lowest BCUT2D eigenvalue weighted by Gasteiger charge is -2.38. The summed E-state index contributed by atoms with van der Waals surface area (Å²) in [6.07, 6.45) is 3.12. The number of fused-ring (bicyclic) bond motifs is 1. The molecule has 0 radical (unpaired) electrons. The predicted molar refractivity (Wildman–Crippen MR) is 149 cm³/mol. The van der Waals surface area contributed by atoms with Crippen molar-refractivity contribution in [2.45, 2.75) is 103 Å². The second-order valence-electron chi connectivity index (χ2n) is 13.6. The first kappa shape index (κ1) is 31.5. The van der Waals surface area contributed by atoms with Crippen LogP contribution in [-0.2, 0) is 19.2 Å². The smallest absolute Gasteiger partial charge is 0.315 e. The van der Waals surface area contributed by atoms with E-state index in [0.29, 0.717) is 6.42 Å². The van der Waals surface area contributed by atoms with Crippen LogP contribution in [0.1, 0.15) is 74.1 Å². The lowest BCUT2D eigenvalue weighted by molar-refractivity contribution is -0.144. The predicted octanol–water partition coefficient (Wildman–Crippen LogP) is 2.50. The van der Waals surface area contributed by atoms with Crippen molar-refractivity contribution in [2.75, 3.05) is 6.54 Å². The molecule has 2 saturated carbocycles. The van der Waals surface area contributed by atoms with Crippen LogP contribution in [0.25, 0.3) is 0 Å². The van der Waals surface area contributed by atoms with Gasteiger partial charge in [-0.15, -0.1) is 23.2 Å². The van der Waals surface area contributed by atoms with E-state index in [1.807, 2.05) is 48.5 Å². The molecule has 12 heteroatoms. The highest BCUT2D eigenvalue weighted by Crippen LogP contribution is 2.65. The molecule has 220 valence electrons. The molecule has 0 aromatic rings. The molecule has 3 aliphatic rings. The molecule has 5 N–H and O–H groups in total. The summed E-state index contributed by atoms with van der Waals surface area (Å²) in [6.45, 7) is 13.5. The number of alkyl halides is 2. The van der Waals surface area contributed by atoms with Crippen molar-refractivity contribution in [3.8, 4) is 0 Å². The maximum absolute atomic E-state index is 13.9. The van der Waals surface area contributed by atoms with Crippen LogP contribution >= 0.6 is 23.2 Å². The molecule has 39 heavy (non-hydrogen) atoms. The molecule has 3 fully saturated rings. The summed E-state index contributed by atoms with van der Waals surface area (Å²) in [7, 11) is 0. The molecular weight excluding hydrogens is 545 g/mol. The van der Waals surface area contributed by atoms with Gasteiger partial charge in [0, 0.05) is 24.4 Å². The minimum Gasteiger partial charge on any atom is -0.363 e. The standard InChI is InChI=1S/C27H43Cl2N5O5/c1-13(25(2,3)4)31-24(39)33-20(26(5,6)7)23(38)34-12-15-17(27(15,28)29)18(34)22(37)32-16(19(35)21(30)36)11-14-9-8-10-14/h13-18,20H,8-12H2,1-7H3,(H2,30,36)(H,32,37)(H2,31,33,39)/t13?,15-,16?,17-,18-,20+/m0/s1. The van der Waals surface area contributed by atoms with Gasteiger partial charge in [-0.2, -0.15) is 0 Å². The molecule has 5 amide bonds. The first-order valence-electron chi connectivity index (χ1n) is 13.7. The number of rotatable bonds is 9. The zero-order chi connectivity index (χ0) is 29.7. The van der Waals surface area contributed by atoms with Gasteiger partial charge >= 0.3 is 6.03 Å². The molecular formula is C27H43Cl2N5O5. The third-order valence-corrected chi connectivity index (χ3v) is 9.65. The summed E-state index contributed by atoms with van der Waals surface area (Å²) in [4.78, 5) is 66.1. The molecule has 2 aliphatic carbocycles. The Bertz CT molecular complexity index is 1020. The number of hydrogen-bond acceptors (Lipinski definition) is 5. The zero-order valence-electron chi connectivity index (χ0n) is 23.9. The number of likely N-dealkylation sites (tertiary alicyclic amines) is 1. The number of piperidine rings is 1. The summed E-state index contributed by atoms with van der Waals surface area (Å²) in [5.41, 5.74) is 4.37. The molecule has 2 unspecified atom stereocenters. The van der Waals surface area contributed by atoms with E-state index in [1.54, 1.807) is 0 Å². The highest BCUT2D eigenvalue weighted by Gasteiger charge is 2.74. The van der Waals surface area contributed by atoms with Crippen LogP contribution in [0.4, 0.5) is 4.79 Å². The van der Waals surface area contributed by atoms with Crippen molar-refractivity contribution in [2.24, 2.45) is 34.3 Å². The fourth-order valence-corrected chi connectivity index (χ4v) is 6.08. The van der Waals surface area contributed by atoms with Crippen LogP contribution in [-0.4, -0.2) is 69.5 Å². The lowest BCUT2D eigenvalue weighted by atomic mass is 9.80. The highest BCUT2D eigenvalue weighted by molar-refractivity contribution is 6.51. The summed E-state index contributed by atoms with van der Waals surface area (Å²) in [5.74, 6) is -3.75. The second-order valence-corrected chi connectivity index (χ2v) is 15.0. The van der Waals surface area contributed by atoms with Gasteiger partial charge in [0.2, 0.25) is 17.6 Å². The van der Waals surface area contributed by atoms with Crippen LogP contribution < -0.4 is 21.7 Å². The van der Waals surface area contributed by atoms with E-state index < -0.39 is 63.3 Å². The minimum atomic E-state index is -1.19. The number of halogens is 2. The molecule has 10 nitrogen and oxygen atoms in total. The third-order valence-electron chi connectivity index (χ3n) is 8.59. The number of carbonyl (C=O) groups excluding carboxylic acids is 5. The van der Waals surface area contributed by atoms with E-state index in [0.717, 1.165) is 19.3 Å². The van der Waals surface area contributed by atoms with Crippen molar-refractivity contribution in [1.29, 1.82) is 0 Å². The molecule has 0 aromatic carbocycles. The van der Waals surface area contributed by atoms with Crippen molar-refractivity contribution in [3.63, 3.8) is 0 Å². The summed E-state index contributed by atoms with van der Waals surface area (Å²) >= 11 is 12.9. The SMILES string of the molecule is CC(NC(=O)N[C@H](C(=O)N1C[C@H]2[C@@H]([C@H]1C(=O)NC(CC1CCC1)C(=O)C(N)=O)C2(Cl)Cl)C(C)(C)C)C(C)(C)C. The summed E-state index contributed by atoms with van der Waals surface area (Å²) < 4.78 is -1.19. The quantitative estimate of drug-likeness (QED) is 0.241.